The van der Waals surface area contributed by atoms with Crippen molar-refractivity contribution in [1.29, 1.82) is 0 Å². The van der Waals surface area contributed by atoms with Crippen LogP contribution in [0.2, 0.25) is 5.02 Å². The van der Waals surface area contributed by atoms with Gasteiger partial charge in [0.2, 0.25) is 16.2 Å². The fourth-order valence-corrected chi connectivity index (χ4v) is 4.55. The highest BCUT2D eigenvalue weighted by molar-refractivity contribution is 7.17. The van der Waals surface area contributed by atoms with Crippen LogP contribution in [0, 0.1) is 5.92 Å². The molecular formula is C20H22ClN5O3S. The number of carbonyl (C=O) groups is 1. The normalized spacial score (nSPS) is 16.4. The maximum atomic E-state index is 13.0. The minimum Gasteiger partial charge on any atom is -0.495 e. The molecule has 0 bridgehead atoms. The number of methoxy groups -OCH3 is 2. The van der Waals surface area contributed by atoms with E-state index in [1.54, 1.807) is 19.2 Å². The Hall–Kier alpha value is -2.78. The van der Waals surface area contributed by atoms with Crippen LogP contribution in [0.3, 0.4) is 0 Å². The van der Waals surface area contributed by atoms with Gasteiger partial charge in [-0.1, -0.05) is 22.9 Å². The molecule has 3 aromatic rings. The first-order chi connectivity index (χ1) is 14.6. The number of anilines is 2. The predicted molar refractivity (Wildman–Crippen MR) is 117 cm³/mol. The summed E-state index contributed by atoms with van der Waals surface area (Å²) in [5.74, 6) is 0.737. The first kappa shape index (κ1) is 20.5. The SMILES string of the molecule is COc1cc(OC)c(NC(=O)[C@H]2CCCN(c3nnc(-n4cccc4)s3)C2)cc1Cl. The van der Waals surface area contributed by atoms with E-state index in [1.807, 2.05) is 29.1 Å². The second-order valence-corrected chi connectivity index (χ2v) is 8.26. The lowest BCUT2D eigenvalue weighted by atomic mass is 9.97. The number of hydrogen-bond donors (Lipinski definition) is 1. The number of ether oxygens (including phenoxy) is 2. The zero-order chi connectivity index (χ0) is 21.1. The summed E-state index contributed by atoms with van der Waals surface area (Å²) in [6.07, 6.45) is 5.57. The van der Waals surface area contributed by atoms with Crippen molar-refractivity contribution in [2.24, 2.45) is 5.92 Å². The second-order valence-electron chi connectivity index (χ2n) is 6.92. The summed E-state index contributed by atoms with van der Waals surface area (Å²) in [4.78, 5) is 15.1. The molecule has 1 fully saturated rings. The van der Waals surface area contributed by atoms with Crippen LogP contribution < -0.4 is 19.7 Å². The standard InChI is InChI=1S/C20H22ClN5O3S/c1-28-16-11-17(29-2)15(10-14(16)21)22-18(27)13-6-5-9-26(12-13)20-24-23-19(30-20)25-7-3-4-8-25/h3-4,7-8,10-11,13H,5-6,9,12H2,1-2H3,(H,22,27)/t13-/m0/s1. The molecule has 10 heteroatoms. The minimum atomic E-state index is -0.178. The largest absolute Gasteiger partial charge is 0.495 e. The summed E-state index contributed by atoms with van der Waals surface area (Å²) in [5, 5.41) is 13.6. The van der Waals surface area contributed by atoms with Crippen LogP contribution in [-0.4, -0.2) is 48.0 Å². The number of piperidine rings is 1. The van der Waals surface area contributed by atoms with Crippen molar-refractivity contribution in [2.75, 3.05) is 37.5 Å². The Balaban J connectivity index is 1.46. The third kappa shape index (κ3) is 4.22. The Morgan fingerprint density at radius 1 is 1.17 bits per heavy atom. The molecule has 0 aliphatic carbocycles. The molecule has 8 nitrogen and oxygen atoms in total. The van der Waals surface area contributed by atoms with Gasteiger partial charge in [-0.15, -0.1) is 10.2 Å². The van der Waals surface area contributed by atoms with Crippen molar-refractivity contribution in [3.8, 4) is 16.6 Å². The third-order valence-corrected chi connectivity index (χ3v) is 6.32. The van der Waals surface area contributed by atoms with E-state index in [2.05, 4.69) is 20.4 Å². The van der Waals surface area contributed by atoms with Crippen LogP contribution in [0.25, 0.3) is 5.13 Å². The van der Waals surface area contributed by atoms with Gasteiger partial charge >= 0.3 is 0 Å². The average molecular weight is 448 g/mol. The lowest BCUT2D eigenvalue weighted by molar-refractivity contribution is -0.120. The van der Waals surface area contributed by atoms with Gasteiger partial charge in [-0.25, -0.2) is 0 Å². The molecule has 4 rings (SSSR count). The molecule has 0 saturated carbocycles. The smallest absolute Gasteiger partial charge is 0.229 e. The second kappa shape index (κ2) is 8.93. The number of halogens is 1. The number of rotatable bonds is 6. The minimum absolute atomic E-state index is 0.0746. The Kier molecular flexibility index (Phi) is 6.10. The van der Waals surface area contributed by atoms with Crippen molar-refractivity contribution in [3.05, 3.63) is 41.7 Å². The predicted octanol–water partition coefficient (Wildman–Crippen LogP) is 3.85. The zero-order valence-electron chi connectivity index (χ0n) is 16.7. The highest BCUT2D eigenvalue weighted by Gasteiger charge is 2.28. The van der Waals surface area contributed by atoms with Gasteiger partial charge in [0.25, 0.3) is 0 Å². The van der Waals surface area contributed by atoms with Crippen molar-refractivity contribution in [3.63, 3.8) is 0 Å². The molecule has 1 saturated heterocycles. The molecule has 1 N–H and O–H groups in total. The molecule has 30 heavy (non-hydrogen) atoms. The number of hydrogen-bond acceptors (Lipinski definition) is 7. The summed E-state index contributed by atoms with van der Waals surface area (Å²) in [6.45, 7) is 1.43. The summed E-state index contributed by atoms with van der Waals surface area (Å²) >= 11 is 7.73. The first-order valence-electron chi connectivity index (χ1n) is 9.53. The van der Waals surface area contributed by atoms with Crippen LogP contribution in [0.5, 0.6) is 11.5 Å². The van der Waals surface area contributed by atoms with Crippen LogP contribution in [0.1, 0.15) is 12.8 Å². The molecule has 1 atom stereocenters. The van der Waals surface area contributed by atoms with Crippen LogP contribution in [-0.2, 0) is 4.79 Å². The van der Waals surface area contributed by atoms with E-state index in [0.29, 0.717) is 28.8 Å². The average Bonchev–Trinajstić information content (AvgIpc) is 3.46. The maximum Gasteiger partial charge on any atom is 0.229 e. The van der Waals surface area contributed by atoms with Gasteiger partial charge in [0.15, 0.2) is 0 Å². The van der Waals surface area contributed by atoms with Gasteiger partial charge in [-0.2, -0.15) is 0 Å². The van der Waals surface area contributed by atoms with E-state index in [9.17, 15) is 4.79 Å². The molecule has 1 aliphatic heterocycles. The Labute approximate surface area is 183 Å². The van der Waals surface area contributed by atoms with Crippen molar-refractivity contribution in [2.45, 2.75) is 12.8 Å². The number of aromatic nitrogens is 3. The molecular weight excluding hydrogens is 426 g/mol. The lowest BCUT2D eigenvalue weighted by Crippen LogP contribution is -2.40. The monoisotopic (exact) mass is 447 g/mol. The number of benzene rings is 1. The molecule has 2 aromatic heterocycles. The fourth-order valence-electron chi connectivity index (χ4n) is 3.46. The lowest BCUT2D eigenvalue weighted by Gasteiger charge is -2.31. The number of nitrogens with zero attached hydrogens (tertiary/aromatic N) is 4. The highest BCUT2D eigenvalue weighted by atomic mass is 35.5. The summed E-state index contributed by atoms with van der Waals surface area (Å²) in [6, 6.07) is 7.20. The van der Waals surface area contributed by atoms with E-state index in [4.69, 9.17) is 21.1 Å². The summed E-state index contributed by atoms with van der Waals surface area (Å²) in [5.41, 5.74) is 0.524. The van der Waals surface area contributed by atoms with Crippen molar-refractivity contribution in [1.82, 2.24) is 14.8 Å². The van der Waals surface area contributed by atoms with Gasteiger partial charge in [0, 0.05) is 31.5 Å². The molecule has 3 heterocycles. The topological polar surface area (TPSA) is 81.5 Å². The van der Waals surface area contributed by atoms with Gasteiger partial charge in [0.1, 0.15) is 11.5 Å². The van der Waals surface area contributed by atoms with E-state index < -0.39 is 0 Å². The number of carbonyl (C=O) groups excluding carboxylic acids is 1. The molecule has 0 radical (unpaired) electrons. The molecule has 1 aromatic carbocycles. The van der Waals surface area contributed by atoms with Crippen LogP contribution >= 0.6 is 22.9 Å². The number of amides is 1. The van der Waals surface area contributed by atoms with Gasteiger partial charge in [-0.3, -0.25) is 9.36 Å². The Morgan fingerprint density at radius 3 is 2.63 bits per heavy atom. The Bertz CT molecular complexity index is 1020. The van der Waals surface area contributed by atoms with Crippen molar-refractivity contribution < 1.29 is 14.3 Å². The van der Waals surface area contributed by atoms with Crippen LogP contribution in [0.15, 0.2) is 36.7 Å². The third-order valence-electron chi connectivity index (χ3n) is 5.02. The van der Waals surface area contributed by atoms with Gasteiger partial charge in [0.05, 0.1) is 30.8 Å². The quantitative estimate of drug-likeness (QED) is 0.618. The van der Waals surface area contributed by atoms with Gasteiger partial charge < -0.3 is 19.7 Å². The highest BCUT2D eigenvalue weighted by Crippen LogP contribution is 2.36. The van der Waals surface area contributed by atoms with Crippen molar-refractivity contribution >= 4 is 39.7 Å². The molecule has 1 amide bonds. The fraction of sp³-hybridized carbons (Fsp3) is 0.350. The summed E-state index contributed by atoms with van der Waals surface area (Å²) < 4.78 is 12.5. The molecule has 0 unspecified atom stereocenters. The Morgan fingerprint density at radius 2 is 1.90 bits per heavy atom. The molecule has 158 valence electrons. The molecule has 0 spiro atoms. The van der Waals surface area contributed by atoms with E-state index >= 15 is 0 Å². The van der Waals surface area contributed by atoms with E-state index in [-0.39, 0.29) is 11.8 Å². The molecule has 1 aliphatic rings. The van der Waals surface area contributed by atoms with E-state index in [1.165, 1.54) is 18.4 Å². The number of nitrogens with one attached hydrogen (secondary N) is 1. The van der Waals surface area contributed by atoms with Crippen LogP contribution in [0.4, 0.5) is 10.8 Å². The maximum absolute atomic E-state index is 13.0. The van der Waals surface area contributed by atoms with Gasteiger partial charge in [-0.05, 0) is 31.0 Å². The zero-order valence-corrected chi connectivity index (χ0v) is 18.2. The van der Waals surface area contributed by atoms with E-state index in [0.717, 1.165) is 29.6 Å². The first-order valence-corrected chi connectivity index (χ1v) is 10.7. The summed E-state index contributed by atoms with van der Waals surface area (Å²) in [7, 11) is 3.07.